The summed E-state index contributed by atoms with van der Waals surface area (Å²) in [6.45, 7) is 8.27. The van der Waals surface area contributed by atoms with Crippen LogP contribution < -0.4 is 0 Å². The van der Waals surface area contributed by atoms with E-state index in [4.69, 9.17) is 9.84 Å². The second-order valence-corrected chi connectivity index (χ2v) is 4.20. The summed E-state index contributed by atoms with van der Waals surface area (Å²) >= 11 is 0. The van der Waals surface area contributed by atoms with Gasteiger partial charge < -0.3 is 14.7 Å². The number of hydrogen-bond donors (Lipinski definition) is 1. The average Bonchev–Trinajstić information content (AvgIpc) is 2.13. The Kier molecular flexibility index (Phi) is 5.05. The Morgan fingerprint density at radius 1 is 1.60 bits per heavy atom. The van der Waals surface area contributed by atoms with E-state index in [1.54, 1.807) is 6.92 Å². The Balaban J connectivity index is 2.02. The maximum Gasteiger partial charge on any atom is 0.306 e. The monoisotopic (exact) mass is 215 g/mol. The molecule has 0 aromatic heterocycles. The summed E-state index contributed by atoms with van der Waals surface area (Å²) in [7, 11) is 0. The first-order valence-corrected chi connectivity index (χ1v) is 5.68. The van der Waals surface area contributed by atoms with Crippen LogP contribution in [-0.2, 0) is 9.53 Å². The van der Waals surface area contributed by atoms with Gasteiger partial charge in [-0.25, -0.2) is 0 Å². The van der Waals surface area contributed by atoms with Gasteiger partial charge in [0.25, 0.3) is 0 Å². The number of ether oxygens (including phenoxy) is 1. The summed E-state index contributed by atoms with van der Waals surface area (Å²) < 4.78 is 5.24. The smallest absolute Gasteiger partial charge is 0.306 e. The van der Waals surface area contributed by atoms with E-state index in [0.717, 1.165) is 39.3 Å². The Bertz CT molecular complexity index is 202. The lowest BCUT2D eigenvalue weighted by Crippen LogP contribution is -2.51. The highest BCUT2D eigenvalue weighted by atomic mass is 16.5. The third-order valence-electron chi connectivity index (χ3n) is 3.05. The molecule has 1 aliphatic heterocycles. The van der Waals surface area contributed by atoms with Gasteiger partial charge in [-0.05, 0) is 19.3 Å². The van der Waals surface area contributed by atoms with E-state index in [2.05, 4.69) is 4.90 Å². The van der Waals surface area contributed by atoms with Crippen molar-refractivity contribution in [2.75, 3.05) is 32.8 Å². The molecule has 15 heavy (non-hydrogen) atoms. The van der Waals surface area contributed by atoms with Gasteiger partial charge in [0, 0.05) is 32.8 Å². The zero-order valence-electron chi connectivity index (χ0n) is 9.61. The summed E-state index contributed by atoms with van der Waals surface area (Å²) in [6.07, 6.45) is 1.04. The molecule has 0 saturated carbocycles. The molecule has 0 aliphatic carbocycles. The minimum Gasteiger partial charge on any atom is -0.481 e. The van der Waals surface area contributed by atoms with Crippen LogP contribution in [0, 0.1) is 11.8 Å². The zero-order chi connectivity index (χ0) is 11.3. The molecule has 1 rings (SSSR count). The third kappa shape index (κ3) is 3.80. The number of hydrogen-bond acceptors (Lipinski definition) is 3. The molecule has 4 heteroatoms. The minimum absolute atomic E-state index is 0.201. The number of likely N-dealkylation sites (tertiary alicyclic amines) is 1. The molecule has 1 atom stereocenters. The number of rotatable bonds is 7. The third-order valence-corrected chi connectivity index (χ3v) is 3.05. The minimum atomic E-state index is -0.672. The van der Waals surface area contributed by atoms with E-state index in [0.29, 0.717) is 5.92 Å². The first-order valence-electron chi connectivity index (χ1n) is 5.68. The lowest BCUT2D eigenvalue weighted by atomic mass is 9.87. The van der Waals surface area contributed by atoms with E-state index < -0.39 is 5.97 Å². The van der Waals surface area contributed by atoms with Gasteiger partial charge in [-0.15, -0.1) is 0 Å². The summed E-state index contributed by atoms with van der Waals surface area (Å²) in [5, 5.41) is 8.81. The fourth-order valence-corrected chi connectivity index (χ4v) is 1.84. The van der Waals surface area contributed by atoms with Crippen LogP contribution in [0.3, 0.4) is 0 Å². The summed E-state index contributed by atoms with van der Waals surface area (Å²) in [6, 6.07) is 0. The summed E-state index contributed by atoms with van der Waals surface area (Å²) in [5.41, 5.74) is 0. The van der Waals surface area contributed by atoms with Crippen molar-refractivity contribution in [3.05, 3.63) is 0 Å². The van der Waals surface area contributed by atoms with Gasteiger partial charge in [0.05, 0.1) is 5.92 Å². The van der Waals surface area contributed by atoms with Crippen molar-refractivity contribution in [3.63, 3.8) is 0 Å². The van der Waals surface area contributed by atoms with Crippen LogP contribution in [0.4, 0.5) is 0 Å². The quantitative estimate of drug-likeness (QED) is 0.645. The molecule has 0 spiro atoms. The Hall–Kier alpha value is -0.610. The van der Waals surface area contributed by atoms with Crippen LogP contribution in [0.1, 0.15) is 20.3 Å². The molecule has 0 bridgehead atoms. The van der Waals surface area contributed by atoms with Crippen molar-refractivity contribution < 1.29 is 14.6 Å². The number of carboxylic acid groups (broad SMARTS) is 1. The molecule has 4 nitrogen and oxygen atoms in total. The molecule has 1 saturated heterocycles. The molecule has 0 aromatic rings. The van der Waals surface area contributed by atoms with Crippen LogP contribution in [0.15, 0.2) is 0 Å². The second-order valence-electron chi connectivity index (χ2n) is 4.20. The SMILES string of the molecule is CCOCCCN1CC(C(C)C(=O)O)C1. The molecular formula is C11H21NO3. The zero-order valence-corrected chi connectivity index (χ0v) is 9.61. The molecule has 0 radical (unpaired) electrons. The first kappa shape index (κ1) is 12.5. The highest BCUT2D eigenvalue weighted by Crippen LogP contribution is 2.23. The topological polar surface area (TPSA) is 49.8 Å². The highest BCUT2D eigenvalue weighted by Gasteiger charge is 2.33. The van der Waals surface area contributed by atoms with Gasteiger partial charge in [-0.3, -0.25) is 4.79 Å². The first-order chi connectivity index (χ1) is 7.15. The van der Waals surface area contributed by atoms with Gasteiger partial charge >= 0.3 is 5.97 Å². The van der Waals surface area contributed by atoms with Crippen molar-refractivity contribution in [3.8, 4) is 0 Å². The van der Waals surface area contributed by atoms with Gasteiger partial charge in [0.15, 0.2) is 0 Å². The van der Waals surface area contributed by atoms with Gasteiger partial charge in [0.1, 0.15) is 0 Å². The Labute approximate surface area is 91.2 Å². The second kappa shape index (κ2) is 6.08. The van der Waals surface area contributed by atoms with E-state index in [1.807, 2.05) is 6.92 Å². The largest absolute Gasteiger partial charge is 0.481 e. The van der Waals surface area contributed by atoms with Crippen molar-refractivity contribution in [1.82, 2.24) is 4.90 Å². The maximum absolute atomic E-state index is 10.7. The fourth-order valence-electron chi connectivity index (χ4n) is 1.84. The number of aliphatic carboxylic acids is 1. The molecule has 1 aliphatic rings. The average molecular weight is 215 g/mol. The van der Waals surface area contributed by atoms with Crippen LogP contribution in [-0.4, -0.2) is 48.8 Å². The lowest BCUT2D eigenvalue weighted by Gasteiger charge is -2.41. The molecule has 1 fully saturated rings. The molecule has 1 unspecified atom stereocenters. The van der Waals surface area contributed by atoms with Gasteiger partial charge in [0.2, 0.25) is 0 Å². The van der Waals surface area contributed by atoms with Crippen molar-refractivity contribution >= 4 is 5.97 Å². The van der Waals surface area contributed by atoms with E-state index in [9.17, 15) is 4.79 Å². The molecule has 88 valence electrons. The lowest BCUT2D eigenvalue weighted by molar-refractivity contribution is -0.145. The van der Waals surface area contributed by atoms with Crippen molar-refractivity contribution in [2.45, 2.75) is 20.3 Å². The van der Waals surface area contributed by atoms with Crippen molar-refractivity contribution in [2.24, 2.45) is 11.8 Å². The molecule has 1 heterocycles. The number of carboxylic acids is 1. The fraction of sp³-hybridized carbons (Fsp3) is 0.909. The summed E-state index contributed by atoms with van der Waals surface area (Å²) in [5.74, 6) is -0.531. The highest BCUT2D eigenvalue weighted by molar-refractivity contribution is 5.70. The normalized spacial score (nSPS) is 19.9. The Morgan fingerprint density at radius 2 is 2.27 bits per heavy atom. The Morgan fingerprint density at radius 3 is 2.80 bits per heavy atom. The van der Waals surface area contributed by atoms with Gasteiger partial charge in [-0.1, -0.05) is 6.92 Å². The van der Waals surface area contributed by atoms with Crippen LogP contribution in [0.25, 0.3) is 0 Å². The predicted octanol–water partition coefficient (Wildman–Crippen LogP) is 1.07. The van der Waals surface area contributed by atoms with Crippen LogP contribution in [0.5, 0.6) is 0 Å². The number of carbonyl (C=O) groups is 1. The molecule has 1 N–H and O–H groups in total. The standard InChI is InChI=1S/C11H21NO3/c1-3-15-6-4-5-12-7-10(8-12)9(2)11(13)14/h9-10H,3-8H2,1-2H3,(H,13,14). The molecular weight excluding hydrogens is 194 g/mol. The summed E-state index contributed by atoms with van der Waals surface area (Å²) in [4.78, 5) is 13.0. The van der Waals surface area contributed by atoms with E-state index in [-0.39, 0.29) is 5.92 Å². The molecule has 0 aromatic carbocycles. The van der Waals surface area contributed by atoms with E-state index in [1.165, 1.54) is 0 Å². The number of nitrogens with zero attached hydrogens (tertiary/aromatic N) is 1. The van der Waals surface area contributed by atoms with Crippen LogP contribution in [0.2, 0.25) is 0 Å². The predicted molar refractivity (Wildman–Crippen MR) is 57.8 cm³/mol. The van der Waals surface area contributed by atoms with Crippen LogP contribution >= 0.6 is 0 Å². The van der Waals surface area contributed by atoms with Crippen molar-refractivity contribution in [1.29, 1.82) is 0 Å². The molecule has 0 amide bonds. The maximum atomic E-state index is 10.7. The van der Waals surface area contributed by atoms with E-state index >= 15 is 0 Å². The van der Waals surface area contributed by atoms with Gasteiger partial charge in [-0.2, -0.15) is 0 Å².